The second-order valence-electron chi connectivity index (χ2n) is 2.93. The highest BCUT2D eigenvalue weighted by Crippen LogP contribution is 2.12. The largest absolute Gasteiger partial charge is 0.478 e. The number of carboxylic acids is 1. The lowest BCUT2D eigenvalue weighted by molar-refractivity contribution is -0.142. The van der Waals surface area contributed by atoms with Gasteiger partial charge in [-0.25, -0.2) is 4.79 Å². The van der Waals surface area contributed by atoms with Crippen LogP contribution in [0.2, 0.25) is 0 Å². The minimum absolute atomic E-state index is 0. The lowest BCUT2D eigenvalue weighted by atomic mass is 10.1. The third-order valence-electron chi connectivity index (χ3n) is 1.97. The van der Waals surface area contributed by atoms with Crippen LogP contribution in [0.15, 0.2) is 24.3 Å². The molecule has 0 fully saturated rings. The van der Waals surface area contributed by atoms with E-state index in [1.165, 1.54) is 31.4 Å². The maximum atomic E-state index is 11.1. The zero-order valence-electron chi connectivity index (χ0n) is 8.54. The van der Waals surface area contributed by atoms with Gasteiger partial charge in [-0.1, -0.05) is 12.1 Å². The number of hydrogen-bond donors (Lipinski definition) is 2. The quantitative estimate of drug-likeness (QED) is 0.775. The summed E-state index contributed by atoms with van der Waals surface area (Å²) >= 11 is 0. The fourth-order valence-corrected chi connectivity index (χ4v) is 1.10. The first-order valence-electron chi connectivity index (χ1n) is 4.23. The van der Waals surface area contributed by atoms with Gasteiger partial charge in [0.25, 0.3) is 0 Å². The van der Waals surface area contributed by atoms with Gasteiger partial charge in [0.1, 0.15) is 6.04 Å². The number of benzene rings is 1. The van der Waals surface area contributed by atoms with Crippen molar-refractivity contribution in [2.24, 2.45) is 5.73 Å². The van der Waals surface area contributed by atoms with Gasteiger partial charge in [0.05, 0.1) is 12.7 Å². The van der Waals surface area contributed by atoms with Crippen LogP contribution in [0.4, 0.5) is 0 Å². The number of carbonyl (C=O) groups is 2. The van der Waals surface area contributed by atoms with Crippen molar-refractivity contribution < 1.29 is 19.4 Å². The Hall–Kier alpha value is -1.59. The molecule has 88 valence electrons. The van der Waals surface area contributed by atoms with Gasteiger partial charge < -0.3 is 15.6 Å². The highest BCUT2D eigenvalue weighted by Gasteiger charge is 2.16. The highest BCUT2D eigenvalue weighted by molar-refractivity contribution is 5.87. The Balaban J connectivity index is 0.00000225. The zero-order valence-corrected chi connectivity index (χ0v) is 9.36. The molecule has 1 rings (SSSR count). The third kappa shape index (κ3) is 3.22. The van der Waals surface area contributed by atoms with Crippen LogP contribution in [0.25, 0.3) is 0 Å². The summed E-state index contributed by atoms with van der Waals surface area (Å²) < 4.78 is 4.46. The van der Waals surface area contributed by atoms with Crippen LogP contribution in [-0.4, -0.2) is 24.2 Å². The van der Waals surface area contributed by atoms with Gasteiger partial charge in [0.15, 0.2) is 0 Å². The van der Waals surface area contributed by atoms with Crippen LogP contribution in [0.3, 0.4) is 0 Å². The fourth-order valence-electron chi connectivity index (χ4n) is 1.10. The third-order valence-corrected chi connectivity index (χ3v) is 1.97. The van der Waals surface area contributed by atoms with Crippen LogP contribution in [0, 0.1) is 0 Å². The average Bonchev–Trinajstić information content (AvgIpc) is 2.27. The number of esters is 1. The molecule has 0 aliphatic rings. The molecule has 0 spiro atoms. The fraction of sp³-hybridized carbons (Fsp3) is 0.200. The Labute approximate surface area is 98.6 Å². The molecular weight excluding hydrogens is 234 g/mol. The molecule has 1 atom stereocenters. The molecule has 1 aromatic rings. The molecule has 0 saturated heterocycles. The second-order valence-corrected chi connectivity index (χ2v) is 2.93. The summed E-state index contributed by atoms with van der Waals surface area (Å²) in [5.74, 6) is -1.58. The van der Waals surface area contributed by atoms with Crippen molar-refractivity contribution >= 4 is 24.3 Å². The van der Waals surface area contributed by atoms with Gasteiger partial charge in [-0.05, 0) is 17.7 Å². The molecule has 5 nitrogen and oxygen atoms in total. The number of halogens is 1. The minimum atomic E-state index is -1.02. The monoisotopic (exact) mass is 245 g/mol. The molecule has 0 saturated carbocycles. The molecular formula is C10H12ClNO4. The molecule has 3 N–H and O–H groups in total. The van der Waals surface area contributed by atoms with E-state index in [0.717, 1.165) is 0 Å². The topological polar surface area (TPSA) is 89.6 Å². The zero-order chi connectivity index (χ0) is 11.4. The van der Waals surface area contributed by atoms with E-state index in [-0.39, 0.29) is 18.0 Å². The number of methoxy groups -OCH3 is 1. The van der Waals surface area contributed by atoms with Gasteiger partial charge >= 0.3 is 11.9 Å². The molecule has 0 heterocycles. The molecule has 16 heavy (non-hydrogen) atoms. The second kappa shape index (κ2) is 6.09. The molecule has 0 aliphatic carbocycles. The van der Waals surface area contributed by atoms with Crippen LogP contribution < -0.4 is 5.73 Å². The van der Waals surface area contributed by atoms with E-state index in [9.17, 15) is 9.59 Å². The van der Waals surface area contributed by atoms with E-state index >= 15 is 0 Å². The molecule has 0 amide bonds. The molecule has 0 bridgehead atoms. The summed E-state index contributed by atoms with van der Waals surface area (Å²) in [4.78, 5) is 21.6. The van der Waals surface area contributed by atoms with E-state index < -0.39 is 18.0 Å². The predicted octanol–water partition coefficient (Wildman–Crippen LogP) is 0.979. The van der Waals surface area contributed by atoms with E-state index in [1.807, 2.05) is 0 Å². The van der Waals surface area contributed by atoms with Gasteiger partial charge in [-0.15, -0.1) is 12.4 Å². The Morgan fingerprint density at radius 2 is 1.81 bits per heavy atom. The van der Waals surface area contributed by atoms with Crippen LogP contribution >= 0.6 is 12.4 Å². The van der Waals surface area contributed by atoms with Crippen molar-refractivity contribution in [3.8, 4) is 0 Å². The van der Waals surface area contributed by atoms with Gasteiger partial charge in [0, 0.05) is 0 Å². The maximum absolute atomic E-state index is 11.1. The number of aromatic carboxylic acids is 1. The smallest absolute Gasteiger partial charge is 0.335 e. The SMILES string of the molecule is COC(=O)[C@@H](N)c1ccc(C(=O)O)cc1.Cl. The van der Waals surface area contributed by atoms with Gasteiger partial charge in [0.2, 0.25) is 0 Å². The van der Waals surface area contributed by atoms with Crippen molar-refractivity contribution in [3.05, 3.63) is 35.4 Å². The predicted molar refractivity (Wildman–Crippen MR) is 59.6 cm³/mol. The maximum Gasteiger partial charge on any atom is 0.335 e. The van der Waals surface area contributed by atoms with Crippen LogP contribution in [0.5, 0.6) is 0 Å². The number of hydrogen-bond acceptors (Lipinski definition) is 4. The highest BCUT2D eigenvalue weighted by atomic mass is 35.5. The number of nitrogens with two attached hydrogens (primary N) is 1. The molecule has 0 unspecified atom stereocenters. The van der Waals surface area contributed by atoms with E-state index in [2.05, 4.69) is 4.74 Å². The first-order chi connectivity index (χ1) is 7.06. The molecule has 0 radical (unpaired) electrons. The first-order valence-corrected chi connectivity index (χ1v) is 4.23. The Morgan fingerprint density at radius 1 is 1.31 bits per heavy atom. The molecule has 0 aromatic heterocycles. The molecule has 6 heteroatoms. The van der Waals surface area contributed by atoms with E-state index in [0.29, 0.717) is 5.56 Å². The number of carbonyl (C=O) groups excluding carboxylic acids is 1. The summed E-state index contributed by atoms with van der Waals surface area (Å²) in [6.45, 7) is 0. The summed E-state index contributed by atoms with van der Waals surface area (Å²) in [5, 5.41) is 8.65. The Bertz CT molecular complexity index is 377. The number of rotatable bonds is 3. The standard InChI is InChI=1S/C10H11NO4.ClH/c1-15-10(14)8(11)6-2-4-7(5-3-6)9(12)13;/h2-5,8H,11H2,1H3,(H,12,13);1H/t8-;/m0./s1. The first kappa shape index (κ1) is 14.4. The normalized spacial score (nSPS) is 11.1. The summed E-state index contributed by atoms with van der Waals surface area (Å²) in [5.41, 5.74) is 6.22. The van der Waals surface area contributed by atoms with Crippen LogP contribution in [-0.2, 0) is 9.53 Å². The van der Waals surface area contributed by atoms with Crippen molar-refractivity contribution in [1.29, 1.82) is 0 Å². The summed E-state index contributed by atoms with van der Waals surface area (Å²) in [6.07, 6.45) is 0. The Kier molecular flexibility index (Phi) is 5.49. The number of carboxylic acid groups (broad SMARTS) is 1. The number of ether oxygens (including phenoxy) is 1. The lowest BCUT2D eigenvalue weighted by Crippen LogP contribution is -2.22. The van der Waals surface area contributed by atoms with Crippen LogP contribution in [0.1, 0.15) is 22.0 Å². The average molecular weight is 246 g/mol. The van der Waals surface area contributed by atoms with Crippen molar-refractivity contribution in [2.45, 2.75) is 6.04 Å². The van der Waals surface area contributed by atoms with Crippen molar-refractivity contribution in [3.63, 3.8) is 0 Å². The lowest BCUT2D eigenvalue weighted by Gasteiger charge is -2.09. The van der Waals surface area contributed by atoms with Gasteiger partial charge in [-0.2, -0.15) is 0 Å². The minimum Gasteiger partial charge on any atom is -0.478 e. The van der Waals surface area contributed by atoms with Crippen molar-refractivity contribution in [2.75, 3.05) is 7.11 Å². The summed E-state index contributed by atoms with van der Waals surface area (Å²) in [6, 6.07) is 4.88. The Morgan fingerprint density at radius 3 is 2.19 bits per heavy atom. The van der Waals surface area contributed by atoms with Crippen molar-refractivity contribution in [1.82, 2.24) is 0 Å². The molecule has 1 aromatic carbocycles. The van der Waals surface area contributed by atoms with Gasteiger partial charge in [-0.3, -0.25) is 4.79 Å². The van der Waals surface area contributed by atoms with E-state index in [4.69, 9.17) is 10.8 Å². The van der Waals surface area contributed by atoms with E-state index in [1.54, 1.807) is 0 Å². The molecule has 0 aliphatic heterocycles. The summed E-state index contributed by atoms with van der Waals surface area (Å²) in [7, 11) is 1.24.